The van der Waals surface area contributed by atoms with Gasteiger partial charge in [-0.3, -0.25) is 14.8 Å². The zero-order valence-corrected chi connectivity index (χ0v) is 10.6. The van der Waals surface area contributed by atoms with Crippen LogP contribution in [0.15, 0.2) is 18.2 Å². The van der Waals surface area contributed by atoms with Gasteiger partial charge >= 0.3 is 0 Å². The fourth-order valence-electron chi connectivity index (χ4n) is 3.12. The van der Waals surface area contributed by atoms with Crippen LogP contribution in [0.2, 0.25) is 0 Å². The molecule has 0 saturated carbocycles. The highest BCUT2D eigenvalue weighted by Crippen LogP contribution is 2.22. The minimum absolute atomic E-state index is 0.813. The first-order valence-corrected chi connectivity index (χ1v) is 6.70. The van der Waals surface area contributed by atoms with E-state index in [1.54, 1.807) is 0 Å². The Kier molecular flexibility index (Phi) is 3.12. The van der Waals surface area contributed by atoms with Crippen molar-refractivity contribution < 1.29 is 0 Å². The zero-order valence-electron chi connectivity index (χ0n) is 10.6. The van der Waals surface area contributed by atoms with Gasteiger partial charge in [-0.1, -0.05) is 6.07 Å². The van der Waals surface area contributed by atoms with Gasteiger partial charge in [0, 0.05) is 37.9 Å². The molecule has 1 atom stereocenters. The van der Waals surface area contributed by atoms with E-state index in [-0.39, 0.29) is 0 Å². The van der Waals surface area contributed by atoms with Crippen LogP contribution < -0.4 is 0 Å². The molecule has 3 nitrogen and oxygen atoms in total. The number of nitrogens with zero attached hydrogens (tertiary/aromatic N) is 3. The number of aromatic nitrogens is 1. The molecule has 3 heteroatoms. The molecule has 2 fully saturated rings. The zero-order chi connectivity index (χ0) is 11.7. The number of aryl methyl sites for hydroxylation is 1. The molecule has 3 heterocycles. The Hall–Kier alpha value is -0.930. The Labute approximate surface area is 103 Å². The van der Waals surface area contributed by atoms with E-state index in [1.807, 2.05) is 0 Å². The third-order valence-electron chi connectivity index (χ3n) is 4.00. The van der Waals surface area contributed by atoms with Crippen molar-refractivity contribution in [2.45, 2.75) is 32.4 Å². The maximum Gasteiger partial charge on any atom is 0.0547 e. The first-order valence-electron chi connectivity index (χ1n) is 6.70. The lowest BCUT2D eigenvalue weighted by Crippen LogP contribution is -2.49. The summed E-state index contributed by atoms with van der Waals surface area (Å²) in [6, 6.07) is 7.14. The Morgan fingerprint density at radius 2 is 2.24 bits per heavy atom. The van der Waals surface area contributed by atoms with Gasteiger partial charge in [-0.2, -0.15) is 0 Å². The largest absolute Gasteiger partial charge is 0.298 e. The van der Waals surface area contributed by atoms with Crippen molar-refractivity contribution in [1.29, 1.82) is 0 Å². The van der Waals surface area contributed by atoms with Gasteiger partial charge in [0.05, 0.1) is 5.69 Å². The van der Waals surface area contributed by atoms with Crippen molar-refractivity contribution in [3.8, 4) is 0 Å². The molecule has 0 spiro atoms. The lowest BCUT2D eigenvalue weighted by Gasteiger charge is -2.37. The third-order valence-corrected chi connectivity index (χ3v) is 4.00. The highest BCUT2D eigenvalue weighted by Gasteiger charge is 2.30. The summed E-state index contributed by atoms with van der Waals surface area (Å²) in [5, 5.41) is 0. The molecule has 0 amide bonds. The molecule has 1 unspecified atom stereocenters. The second kappa shape index (κ2) is 4.75. The van der Waals surface area contributed by atoms with Gasteiger partial charge in [0.15, 0.2) is 0 Å². The predicted molar refractivity (Wildman–Crippen MR) is 68.8 cm³/mol. The quantitative estimate of drug-likeness (QED) is 0.772. The lowest BCUT2D eigenvalue weighted by atomic mass is 10.1. The second-order valence-corrected chi connectivity index (χ2v) is 5.34. The summed E-state index contributed by atoms with van der Waals surface area (Å²) >= 11 is 0. The van der Waals surface area contributed by atoms with E-state index >= 15 is 0 Å². The molecule has 3 rings (SSSR count). The van der Waals surface area contributed by atoms with Crippen molar-refractivity contribution >= 4 is 0 Å². The van der Waals surface area contributed by atoms with Gasteiger partial charge in [-0.05, 0) is 38.4 Å². The molecule has 0 radical (unpaired) electrons. The van der Waals surface area contributed by atoms with Crippen LogP contribution >= 0.6 is 0 Å². The predicted octanol–water partition coefficient (Wildman–Crippen LogP) is 1.67. The first kappa shape index (κ1) is 11.2. The smallest absolute Gasteiger partial charge is 0.0547 e. The van der Waals surface area contributed by atoms with Crippen molar-refractivity contribution in [2.75, 3.05) is 26.2 Å². The number of pyridine rings is 1. The van der Waals surface area contributed by atoms with Gasteiger partial charge in [-0.25, -0.2) is 0 Å². The molecule has 0 aliphatic carbocycles. The maximum absolute atomic E-state index is 4.60. The number of hydrogen-bond acceptors (Lipinski definition) is 3. The van der Waals surface area contributed by atoms with Crippen LogP contribution in [0.4, 0.5) is 0 Å². The minimum Gasteiger partial charge on any atom is -0.298 e. The molecule has 1 aromatic rings. The van der Waals surface area contributed by atoms with Gasteiger partial charge in [-0.15, -0.1) is 0 Å². The van der Waals surface area contributed by atoms with Crippen molar-refractivity contribution in [2.24, 2.45) is 0 Å². The van der Waals surface area contributed by atoms with Crippen LogP contribution in [-0.4, -0.2) is 47.0 Å². The summed E-state index contributed by atoms with van der Waals surface area (Å²) in [7, 11) is 0. The molecular weight excluding hydrogens is 210 g/mol. The normalized spacial score (nSPS) is 26.1. The Morgan fingerprint density at radius 1 is 1.29 bits per heavy atom. The Morgan fingerprint density at radius 3 is 3.12 bits per heavy atom. The fourth-order valence-corrected chi connectivity index (χ4v) is 3.12. The van der Waals surface area contributed by atoms with Crippen LogP contribution in [-0.2, 0) is 6.54 Å². The number of piperazine rings is 1. The second-order valence-electron chi connectivity index (χ2n) is 5.34. The SMILES string of the molecule is Cc1cccc(CN2CCN3CCCC3C2)n1. The molecule has 92 valence electrons. The molecule has 2 aliphatic heterocycles. The average Bonchev–Trinajstić information content (AvgIpc) is 2.76. The molecule has 2 aliphatic rings. The Balaban J connectivity index is 1.62. The van der Waals surface area contributed by atoms with E-state index in [2.05, 4.69) is 39.9 Å². The number of rotatable bonds is 2. The summed E-state index contributed by atoms with van der Waals surface area (Å²) in [4.78, 5) is 9.81. The molecule has 2 saturated heterocycles. The summed E-state index contributed by atoms with van der Waals surface area (Å²) in [5.41, 5.74) is 2.35. The fraction of sp³-hybridized carbons (Fsp3) is 0.643. The lowest BCUT2D eigenvalue weighted by molar-refractivity contribution is 0.0984. The first-order chi connectivity index (χ1) is 8.31. The maximum atomic E-state index is 4.60. The van der Waals surface area contributed by atoms with Crippen molar-refractivity contribution in [3.63, 3.8) is 0 Å². The van der Waals surface area contributed by atoms with Gasteiger partial charge in [0.1, 0.15) is 0 Å². The molecular formula is C14H21N3. The van der Waals surface area contributed by atoms with Crippen LogP contribution in [0.3, 0.4) is 0 Å². The van der Waals surface area contributed by atoms with Gasteiger partial charge in [0.25, 0.3) is 0 Å². The molecule has 0 bridgehead atoms. The summed E-state index contributed by atoms with van der Waals surface area (Å²) < 4.78 is 0. The van der Waals surface area contributed by atoms with Crippen molar-refractivity contribution in [1.82, 2.24) is 14.8 Å². The summed E-state index contributed by atoms with van der Waals surface area (Å²) in [6.07, 6.45) is 2.78. The van der Waals surface area contributed by atoms with Crippen LogP contribution in [0, 0.1) is 6.92 Å². The summed E-state index contributed by atoms with van der Waals surface area (Å²) in [5.74, 6) is 0. The summed E-state index contributed by atoms with van der Waals surface area (Å²) in [6.45, 7) is 8.09. The van der Waals surface area contributed by atoms with E-state index in [4.69, 9.17) is 0 Å². The van der Waals surface area contributed by atoms with Gasteiger partial charge in [0.2, 0.25) is 0 Å². The van der Waals surface area contributed by atoms with E-state index in [1.165, 1.54) is 44.7 Å². The monoisotopic (exact) mass is 231 g/mol. The minimum atomic E-state index is 0.813. The third kappa shape index (κ3) is 2.50. The molecule has 0 aromatic carbocycles. The topological polar surface area (TPSA) is 19.4 Å². The highest BCUT2D eigenvalue weighted by atomic mass is 15.3. The van der Waals surface area contributed by atoms with Crippen LogP contribution in [0.1, 0.15) is 24.2 Å². The number of hydrogen-bond donors (Lipinski definition) is 0. The number of fused-ring (bicyclic) bond motifs is 1. The average molecular weight is 231 g/mol. The van der Waals surface area contributed by atoms with Crippen LogP contribution in [0.5, 0.6) is 0 Å². The van der Waals surface area contributed by atoms with Gasteiger partial charge < -0.3 is 0 Å². The van der Waals surface area contributed by atoms with E-state index in [0.29, 0.717) is 0 Å². The molecule has 17 heavy (non-hydrogen) atoms. The standard InChI is InChI=1S/C14H21N3/c1-12-4-2-5-13(15-12)10-16-8-9-17-7-3-6-14(17)11-16/h2,4-5,14H,3,6-11H2,1H3. The molecule has 1 aromatic heterocycles. The van der Waals surface area contributed by atoms with E-state index < -0.39 is 0 Å². The van der Waals surface area contributed by atoms with E-state index in [0.717, 1.165) is 18.3 Å². The molecule has 0 N–H and O–H groups in total. The highest BCUT2D eigenvalue weighted by molar-refractivity contribution is 5.10. The Bertz CT molecular complexity index is 391. The van der Waals surface area contributed by atoms with Crippen LogP contribution in [0.25, 0.3) is 0 Å². The van der Waals surface area contributed by atoms with Crippen molar-refractivity contribution in [3.05, 3.63) is 29.6 Å². The van der Waals surface area contributed by atoms with E-state index in [9.17, 15) is 0 Å².